The van der Waals surface area contributed by atoms with E-state index in [0.717, 1.165) is 67.8 Å². The number of allylic oxidation sites excluding steroid dienone is 2. The predicted molar refractivity (Wildman–Crippen MR) is 149 cm³/mol. The van der Waals surface area contributed by atoms with Gasteiger partial charge in [0.2, 0.25) is 0 Å². The second-order valence-electron chi connectivity index (χ2n) is 9.74. The number of hydrogen-bond donors (Lipinski definition) is 1. The van der Waals surface area contributed by atoms with Crippen molar-refractivity contribution in [3.05, 3.63) is 90.6 Å². The number of carboxylic acids is 1. The molecular weight excluding hydrogens is 473 g/mol. The van der Waals surface area contributed by atoms with Gasteiger partial charge in [-0.1, -0.05) is 78.6 Å². The van der Waals surface area contributed by atoms with Crippen molar-refractivity contribution in [1.82, 2.24) is 15.0 Å². The number of carboxylic acid groups (broad SMARTS) is 1. The van der Waals surface area contributed by atoms with Crippen LogP contribution in [-0.2, 0) is 11.2 Å². The van der Waals surface area contributed by atoms with Gasteiger partial charge < -0.3 is 25.4 Å². The maximum atomic E-state index is 11.8. The van der Waals surface area contributed by atoms with Crippen LogP contribution in [0.25, 0.3) is 35.2 Å². The van der Waals surface area contributed by atoms with Crippen molar-refractivity contribution < 1.29 is 9.90 Å². The summed E-state index contributed by atoms with van der Waals surface area (Å²) < 4.78 is 0. The van der Waals surface area contributed by atoms with Gasteiger partial charge in [0.1, 0.15) is 0 Å². The number of nitrogens with zero attached hydrogens (tertiary/aromatic N) is 4. The molecule has 1 atom stereocenters. The number of carbonyl (C=O) groups is 1. The summed E-state index contributed by atoms with van der Waals surface area (Å²) in [5.74, 6) is -0.750. The first-order chi connectivity index (χ1) is 17.2. The van der Waals surface area contributed by atoms with Crippen LogP contribution < -0.4 is 25.7 Å². The topological polar surface area (TPSA) is 93.7 Å². The van der Waals surface area contributed by atoms with Crippen molar-refractivity contribution in [1.29, 1.82) is 0 Å². The van der Waals surface area contributed by atoms with Crippen molar-refractivity contribution in [2.24, 2.45) is 5.92 Å². The van der Waals surface area contributed by atoms with Gasteiger partial charge in [0.15, 0.2) is 0 Å². The molecule has 2 aliphatic rings. The van der Waals surface area contributed by atoms with E-state index in [1.165, 1.54) is 5.56 Å². The number of fused-ring (bicyclic) bond motifs is 8. The molecule has 3 aromatic rings. The molecule has 1 saturated heterocycles. The molecule has 37 heavy (non-hydrogen) atoms. The molecule has 1 fully saturated rings. The van der Waals surface area contributed by atoms with Crippen LogP contribution in [0.5, 0.6) is 0 Å². The van der Waals surface area contributed by atoms with Crippen molar-refractivity contribution in [3.63, 3.8) is 0 Å². The van der Waals surface area contributed by atoms with Gasteiger partial charge in [0.25, 0.3) is 0 Å². The Morgan fingerprint density at radius 1 is 1.05 bits per heavy atom. The Hall–Kier alpha value is -3.16. The molecule has 0 amide bonds. The first kappa shape index (κ1) is 26.9. The molecule has 0 unspecified atom stereocenters. The molecule has 0 spiro atoms. The van der Waals surface area contributed by atoms with Gasteiger partial charge in [0, 0.05) is 0 Å². The molecule has 5 rings (SSSR count). The average Bonchev–Trinajstić information content (AvgIpc) is 3.53. The molecule has 7 heteroatoms. The average molecular weight is 503 g/mol. The van der Waals surface area contributed by atoms with Crippen molar-refractivity contribution in [2.45, 2.75) is 53.9 Å². The first-order valence-electron chi connectivity index (χ1n) is 12.4. The molecule has 8 bridgehead atoms. The van der Waals surface area contributed by atoms with Gasteiger partial charge >= 0.3 is 29.0 Å². The molecule has 2 aliphatic heterocycles. The van der Waals surface area contributed by atoms with Gasteiger partial charge in [-0.15, -0.1) is 33.5 Å². The third-order valence-electron chi connectivity index (χ3n) is 7.33. The van der Waals surface area contributed by atoms with E-state index < -0.39 is 5.97 Å². The van der Waals surface area contributed by atoms with Gasteiger partial charge in [-0.25, -0.2) is 0 Å². The van der Waals surface area contributed by atoms with Gasteiger partial charge in [-0.05, 0) is 45.1 Å². The number of hydrogen-bond acceptors (Lipinski definition) is 1. The summed E-state index contributed by atoms with van der Waals surface area (Å²) in [6.45, 7) is 14.4. The van der Waals surface area contributed by atoms with E-state index in [9.17, 15) is 9.90 Å². The molecule has 0 aliphatic carbocycles. The van der Waals surface area contributed by atoms with Crippen molar-refractivity contribution in [2.75, 3.05) is 0 Å². The van der Waals surface area contributed by atoms with Crippen LogP contribution in [0.4, 0.5) is 0 Å². The number of aromatic nitrogens is 3. The summed E-state index contributed by atoms with van der Waals surface area (Å²) in [5.41, 5.74) is 10.8. The summed E-state index contributed by atoms with van der Waals surface area (Å²) in [6.07, 6.45) is 9.32. The third kappa shape index (κ3) is 4.78. The maximum absolute atomic E-state index is 11.8. The van der Waals surface area contributed by atoms with E-state index in [4.69, 9.17) is 20.3 Å². The van der Waals surface area contributed by atoms with Crippen molar-refractivity contribution >= 4 is 58.9 Å². The van der Waals surface area contributed by atoms with E-state index in [-0.39, 0.29) is 35.4 Å². The Morgan fingerprint density at radius 3 is 2.46 bits per heavy atom. The van der Waals surface area contributed by atoms with Crippen LogP contribution in [0.15, 0.2) is 24.0 Å². The van der Waals surface area contributed by atoms with Gasteiger partial charge in [0.05, 0.1) is 6.42 Å². The Kier molecular flexibility index (Phi) is 7.49. The summed E-state index contributed by atoms with van der Waals surface area (Å²) in [6, 6.07) is 1.97. The fourth-order valence-corrected chi connectivity index (χ4v) is 5.24. The first-order valence-corrected chi connectivity index (χ1v) is 12.4. The van der Waals surface area contributed by atoms with Gasteiger partial charge in [-0.2, -0.15) is 11.4 Å². The van der Waals surface area contributed by atoms with Crippen molar-refractivity contribution in [3.8, 4) is 0 Å². The molecule has 5 heterocycles. The minimum Gasteiger partial charge on any atom is -0.664 e. The summed E-state index contributed by atoms with van der Waals surface area (Å²) in [4.78, 5) is 26.6. The van der Waals surface area contributed by atoms with Crippen LogP contribution in [0.3, 0.4) is 0 Å². The molecule has 0 saturated carbocycles. The molecule has 6 nitrogen and oxygen atoms in total. The van der Waals surface area contributed by atoms with Crippen LogP contribution in [0, 0.1) is 26.7 Å². The Balaban J connectivity index is 0.00000320. The Morgan fingerprint density at radius 2 is 1.78 bits per heavy atom. The normalized spacial score (nSPS) is 21.5. The smallest absolute Gasteiger partial charge is 0.664 e. The SMILES string of the molecule is C=Cc1c2[n-]c(c1C)/C=C1\[N-]/C(=C(/CC(=O)O)c3cc(C)c([n-]3)/C=c3\[n-]/c(c(C)c3CC)=C\2)C[C@@H]1C.[Mg+2]. The molecule has 186 valence electrons. The minimum absolute atomic E-state index is 0. The second-order valence-corrected chi connectivity index (χ2v) is 9.74. The maximum Gasteiger partial charge on any atom is 2.00 e. The number of rotatable bonds is 4. The molecule has 0 radical (unpaired) electrons. The van der Waals surface area contributed by atoms with E-state index in [1.807, 2.05) is 44.2 Å². The van der Waals surface area contributed by atoms with E-state index in [1.54, 1.807) is 0 Å². The molecule has 1 N–H and O–H groups in total. The Bertz CT molecular complexity index is 1590. The molecule has 3 aromatic heterocycles. The minimum atomic E-state index is -0.894. The van der Waals surface area contributed by atoms with Gasteiger partial charge in [-0.3, -0.25) is 4.79 Å². The summed E-state index contributed by atoms with van der Waals surface area (Å²) >= 11 is 0. The monoisotopic (exact) mass is 502 g/mol. The summed E-state index contributed by atoms with van der Waals surface area (Å²) in [5, 5.41) is 16.4. The van der Waals surface area contributed by atoms with Crippen LogP contribution >= 0.6 is 0 Å². The zero-order chi connectivity index (χ0) is 25.7. The zero-order valence-corrected chi connectivity index (χ0v) is 23.6. The van der Waals surface area contributed by atoms with Crippen LogP contribution in [-0.4, -0.2) is 34.1 Å². The fourth-order valence-electron chi connectivity index (χ4n) is 5.24. The number of aliphatic carboxylic acids is 1. The Labute approximate surface area is 233 Å². The second kappa shape index (κ2) is 10.3. The molecular formula is C30H30MgN4O2-2. The zero-order valence-electron chi connectivity index (χ0n) is 22.1. The number of aryl methyl sites for hydroxylation is 1. The third-order valence-corrected chi connectivity index (χ3v) is 7.33. The van der Waals surface area contributed by atoms with E-state index >= 15 is 0 Å². The van der Waals surface area contributed by atoms with Crippen LogP contribution in [0.2, 0.25) is 0 Å². The van der Waals surface area contributed by atoms with Crippen LogP contribution in [0.1, 0.15) is 77.3 Å². The fraction of sp³-hybridized carbons (Fsp3) is 0.300. The van der Waals surface area contributed by atoms with E-state index in [0.29, 0.717) is 17.7 Å². The standard InChI is InChI=1S/C30H30N4O2.Mg/c1-7-19-18(6)25-14-29-20(8-2)17(5)24(33-29)12-22-15(3)9-26(31-22)21(11-30(35)36)27-10-16(4)23(32-27)13-28(19)34-25;/h8,10,12-15H,2,7,9,11H2,1,3-6H3,(H,35,36);/q-4;+2/b22-12-,25-14-,26-21-,28-13-;/t15-;/m0./s1. The molecule has 0 aromatic carbocycles. The largest absolute Gasteiger partial charge is 2.00 e. The predicted octanol–water partition coefficient (Wildman–Crippen LogP) is 3.92. The quantitative estimate of drug-likeness (QED) is 0.546. The van der Waals surface area contributed by atoms with E-state index in [2.05, 4.69) is 27.4 Å². The summed E-state index contributed by atoms with van der Waals surface area (Å²) in [7, 11) is 0.